The largest absolute Gasteiger partial charge is 0.390 e. The van der Waals surface area contributed by atoms with Crippen molar-refractivity contribution < 1.29 is 9.63 Å². The summed E-state index contributed by atoms with van der Waals surface area (Å²) in [4.78, 5) is 23.2. The Morgan fingerprint density at radius 3 is 2.42 bits per heavy atom. The molecule has 0 radical (unpaired) electrons. The van der Waals surface area contributed by atoms with Crippen LogP contribution in [0.2, 0.25) is 0 Å². The molecular formula is C30H30N4O2. The lowest BCUT2D eigenvalue weighted by Crippen LogP contribution is -2.40. The van der Waals surface area contributed by atoms with E-state index in [1.54, 1.807) is 4.90 Å². The third-order valence-electron chi connectivity index (χ3n) is 6.41. The molecule has 36 heavy (non-hydrogen) atoms. The number of hydrogen-bond acceptors (Lipinski definition) is 4. The first-order valence-electron chi connectivity index (χ1n) is 12.1. The average Bonchev–Trinajstić information content (AvgIpc) is 3.38. The lowest BCUT2D eigenvalue weighted by atomic mass is 10.0. The van der Waals surface area contributed by atoms with Crippen molar-refractivity contribution in [1.29, 1.82) is 0 Å². The first kappa shape index (κ1) is 23.4. The third kappa shape index (κ3) is 5.33. The molecule has 0 saturated heterocycles. The van der Waals surface area contributed by atoms with Crippen LogP contribution in [-0.4, -0.2) is 43.4 Å². The monoisotopic (exact) mass is 478 g/mol. The van der Waals surface area contributed by atoms with Crippen molar-refractivity contribution in [2.45, 2.75) is 19.1 Å². The summed E-state index contributed by atoms with van der Waals surface area (Å²) in [5.41, 5.74) is 4.93. The van der Waals surface area contributed by atoms with E-state index in [-0.39, 0.29) is 12.1 Å². The van der Waals surface area contributed by atoms with Crippen LogP contribution >= 0.6 is 0 Å². The molecule has 2 amide bonds. The maximum Gasteiger partial charge on any atom is 0.322 e. The number of benzene rings is 4. The lowest BCUT2D eigenvalue weighted by molar-refractivity contribution is 0.0608. The van der Waals surface area contributed by atoms with Crippen molar-refractivity contribution in [2.24, 2.45) is 5.16 Å². The van der Waals surface area contributed by atoms with Gasteiger partial charge in [-0.25, -0.2) is 4.79 Å². The highest BCUT2D eigenvalue weighted by Crippen LogP contribution is 2.25. The Morgan fingerprint density at radius 1 is 0.917 bits per heavy atom. The molecule has 182 valence electrons. The molecule has 6 heteroatoms. The van der Waals surface area contributed by atoms with Gasteiger partial charge in [-0.3, -0.25) is 0 Å². The van der Waals surface area contributed by atoms with Gasteiger partial charge in [0.05, 0.1) is 17.9 Å². The Labute approximate surface area is 211 Å². The normalized spacial score (nSPS) is 14.7. The molecule has 0 aliphatic carbocycles. The first-order valence-corrected chi connectivity index (χ1v) is 12.1. The molecular weight excluding hydrogens is 448 g/mol. The van der Waals surface area contributed by atoms with E-state index < -0.39 is 0 Å². The molecule has 1 heterocycles. The fraction of sp³-hybridized carbons (Fsp3) is 0.200. The van der Waals surface area contributed by atoms with Gasteiger partial charge in [0.2, 0.25) is 0 Å². The molecule has 0 aromatic heterocycles. The second kappa shape index (κ2) is 10.5. The van der Waals surface area contributed by atoms with Crippen LogP contribution in [0.5, 0.6) is 0 Å². The van der Waals surface area contributed by atoms with Gasteiger partial charge in [0.15, 0.2) is 6.10 Å². The smallest absolute Gasteiger partial charge is 0.322 e. The Kier molecular flexibility index (Phi) is 6.85. The summed E-state index contributed by atoms with van der Waals surface area (Å²) in [6.07, 6.45) is 0.434. The molecule has 1 atom stereocenters. The van der Waals surface area contributed by atoms with Gasteiger partial charge < -0.3 is 20.0 Å². The molecule has 0 fully saturated rings. The van der Waals surface area contributed by atoms with E-state index >= 15 is 0 Å². The summed E-state index contributed by atoms with van der Waals surface area (Å²) in [5.74, 6) is 0. The minimum Gasteiger partial charge on any atom is -0.390 e. The molecule has 0 saturated carbocycles. The van der Waals surface area contributed by atoms with Gasteiger partial charge in [0.25, 0.3) is 0 Å². The molecule has 0 spiro atoms. The number of hydrogen-bond donors (Lipinski definition) is 1. The van der Waals surface area contributed by atoms with Crippen molar-refractivity contribution in [1.82, 2.24) is 4.90 Å². The van der Waals surface area contributed by atoms with E-state index in [9.17, 15) is 4.79 Å². The van der Waals surface area contributed by atoms with E-state index in [0.29, 0.717) is 19.5 Å². The molecule has 4 aromatic carbocycles. The Balaban J connectivity index is 1.31. The highest BCUT2D eigenvalue weighted by atomic mass is 16.6. The zero-order chi connectivity index (χ0) is 24.9. The number of carbonyl (C=O) groups is 1. The summed E-state index contributed by atoms with van der Waals surface area (Å²) in [7, 11) is 4.04. The van der Waals surface area contributed by atoms with Crippen LogP contribution in [0.25, 0.3) is 10.8 Å². The molecule has 1 N–H and O–H groups in total. The van der Waals surface area contributed by atoms with Crippen molar-refractivity contribution in [3.05, 3.63) is 108 Å². The zero-order valence-corrected chi connectivity index (χ0v) is 20.6. The van der Waals surface area contributed by atoms with Gasteiger partial charge in [0.1, 0.15) is 0 Å². The van der Waals surface area contributed by atoms with E-state index in [2.05, 4.69) is 39.6 Å². The SMILES string of the molecule is CN(C)c1ccc(C2=NO[C@H](CN(Cc3ccccc3)C(=O)Nc3cccc4ccccc34)C2)cc1. The molecule has 1 aliphatic rings. The fourth-order valence-corrected chi connectivity index (χ4v) is 4.45. The highest BCUT2D eigenvalue weighted by molar-refractivity contribution is 6.02. The van der Waals surface area contributed by atoms with E-state index in [1.807, 2.05) is 86.9 Å². The topological polar surface area (TPSA) is 57.2 Å². The number of anilines is 2. The van der Waals surface area contributed by atoms with Crippen LogP contribution in [-0.2, 0) is 11.4 Å². The molecule has 0 bridgehead atoms. The van der Waals surface area contributed by atoms with Gasteiger partial charge >= 0.3 is 6.03 Å². The van der Waals surface area contributed by atoms with Crippen LogP contribution in [0, 0.1) is 0 Å². The number of carbonyl (C=O) groups excluding carboxylic acids is 1. The summed E-state index contributed by atoms with van der Waals surface area (Å²) in [5, 5.41) is 9.58. The molecule has 1 aliphatic heterocycles. The number of nitrogens with one attached hydrogen (secondary N) is 1. The molecule has 4 aromatic rings. The van der Waals surface area contributed by atoms with Crippen molar-refractivity contribution in [3.63, 3.8) is 0 Å². The van der Waals surface area contributed by atoms with Gasteiger partial charge in [-0.15, -0.1) is 0 Å². The summed E-state index contributed by atoms with van der Waals surface area (Å²) in [6.45, 7) is 0.901. The standard InChI is InChI=1S/C30H30N4O2/c1-33(2)25-17-15-24(16-18-25)29-19-26(36-32-29)21-34(20-22-9-4-3-5-10-22)30(35)31-28-14-8-12-23-11-6-7-13-27(23)28/h3-18,26H,19-21H2,1-2H3,(H,31,35)/t26-/m0/s1. The van der Waals surface area contributed by atoms with Crippen molar-refractivity contribution in [2.75, 3.05) is 30.9 Å². The predicted molar refractivity (Wildman–Crippen MR) is 147 cm³/mol. The van der Waals surface area contributed by atoms with Gasteiger partial charge in [-0.1, -0.05) is 84.0 Å². The van der Waals surface area contributed by atoms with E-state index in [1.165, 1.54) is 0 Å². The second-order valence-corrected chi connectivity index (χ2v) is 9.23. The van der Waals surface area contributed by atoms with Crippen LogP contribution in [0.3, 0.4) is 0 Å². The number of fused-ring (bicyclic) bond motifs is 1. The Morgan fingerprint density at radius 2 is 1.64 bits per heavy atom. The number of oxime groups is 1. The lowest BCUT2D eigenvalue weighted by Gasteiger charge is -2.25. The number of rotatable bonds is 7. The van der Waals surface area contributed by atoms with Crippen molar-refractivity contribution in [3.8, 4) is 0 Å². The Bertz CT molecular complexity index is 1360. The minimum absolute atomic E-state index is 0.164. The predicted octanol–water partition coefficient (Wildman–Crippen LogP) is 6.13. The van der Waals surface area contributed by atoms with Crippen LogP contribution in [0.1, 0.15) is 17.5 Å². The third-order valence-corrected chi connectivity index (χ3v) is 6.41. The van der Waals surface area contributed by atoms with Gasteiger partial charge in [-0.2, -0.15) is 0 Å². The zero-order valence-electron chi connectivity index (χ0n) is 20.6. The number of nitrogens with zero attached hydrogens (tertiary/aromatic N) is 3. The fourth-order valence-electron chi connectivity index (χ4n) is 4.45. The number of urea groups is 1. The van der Waals surface area contributed by atoms with Crippen LogP contribution < -0.4 is 10.2 Å². The van der Waals surface area contributed by atoms with Gasteiger partial charge in [-0.05, 0) is 34.7 Å². The minimum atomic E-state index is -0.212. The molecule has 5 rings (SSSR count). The Hall–Kier alpha value is -4.32. The van der Waals surface area contributed by atoms with Crippen molar-refractivity contribution >= 4 is 33.9 Å². The average molecular weight is 479 g/mol. The van der Waals surface area contributed by atoms with E-state index in [4.69, 9.17) is 4.84 Å². The summed E-state index contributed by atoms with van der Waals surface area (Å²) in [6, 6.07) is 32.1. The second-order valence-electron chi connectivity index (χ2n) is 9.23. The first-order chi connectivity index (χ1) is 17.6. The maximum absolute atomic E-state index is 13.5. The van der Waals surface area contributed by atoms with Crippen LogP contribution in [0.15, 0.2) is 102 Å². The summed E-state index contributed by atoms with van der Waals surface area (Å²) >= 11 is 0. The number of amides is 2. The molecule has 6 nitrogen and oxygen atoms in total. The van der Waals surface area contributed by atoms with Gasteiger partial charge in [0, 0.05) is 38.1 Å². The van der Waals surface area contributed by atoms with E-state index in [0.717, 1.165) is 39.0 Å². The van der Waals surface area contributed by atoms with Crippen LogP contribution in [0.4, 0.5) is 16.2 Å². The summed E-state index contributed by atoms with van der Waals surface area (Å²) < 4.78 is 0. The quantitative estimate of drug-likeness (QED) is 0.347. The molecule has 0 unspecified atom stereocenters. The maximum atomic E-state index is 13.5. The highest BCUT2D eigenvalue weighted by Gasteiger charge is 2.27.